The van der Waals surface area contributed by atoms with Gasteiger partial charge in [0.15, 0.2) is 0 Å². The third-order valence-electron chi connectivity index (χ3n) is 3.08. The molecule has 1 heterocycles. The molecule has 1 atom stereocenters. The van der Waals surface area contributed by atoms with Crippen molar-refractivity contribution in [1.29, 1.82) is 0 Å². The van der Waals surface area contributed by atoms with Crippen LogP contribution in [-0.4, -0.2) is 4.98 Å². The lowest BCUT2D eigenvalue weighted by Gasteiger charge is -2.19. The summed E-state index contributed by atoms with van der Waals surface area (Å²) in [5.41, 5.74) is 7.29. The van der Waals surface area contributed by atoms with E-state index < -0.39 is 0 Å². The summed E-state index contributed by atoms with van der Waals surface area (Å²) in [5.74, 6) is 1.19. The molecule has 3 heteroatoms. The Bertz CT molecular complexity index is 364. The molecule has 2 nitrogen and oxygen atoms in total. The predicted molar refractivity (Wildman–Crippen MR) is 76.6 cm³/mol. The summed E-state index contributed by atoms with van der Waals surface area (Å²) in [4.78, 5) is 6.22. The van der Waals surface area contributed by atoms with Crippen molar-refractivity contribution in [2.75, 3.05) is 0 Å². The fraction of sp³-hybridized carbons (Fsp3) is 0.786. The monoisotopic (exact) mass is 254 g/mol. The lowest BCUT2D eigenvalue weighted by atomic mass is 10.0. The van der Waals surface area contributed by atoms with E-state index in [4.69, 9.17) is 10.7 Å². The van der Waals surface area contributed by atoms with Crippen molar-refractivity contribution in [2.24, 2.45) is 11.7 Å². The fourth-order valence-electron chi connectivity index (χ4n) is 1.74. The minimum atomic E-state index is -0.274. The van der Waals surface area contributed by atoms with Crippen molar-refractivity contribution in [3.05, 3.63) is 15.6 Å². The number of hydrogen-bond donors (Lipinski definition) is 1. The quantitative estimate of drug-likeness (QED) is 0.861. The lowest BCUT2D eigenvalue weighted by Crippen LogP contribution is -2.31. The van der Waals surface area contributed by atoms with Gasteiger partial charge in [-0.15, -0.1) is 11.3 Å². The second-order valence-corrected chi connectivity index (χ2v) is 6.88. The molecule has 0 bridgehead atoms. The molecule has 1 unspecified atom stereocenters. The van der Waals surface area contributed by atoms with Gasteiger partial charge in [0.05, 0.1) is 11.2 Å². The lowest BCUT2D eigenvalue weighted by molar-refractivity contribution is 0.471. The molecule has 0 aromatic carbocycles. The molecule has 1 aromatic rings. The highest BCUT2D eigenvalue weighted by Gasteiger charge is 2.26. The van der Waals surface area contributed by atoms with Crippen LogP contribution in [0.5, 0.6) is 0 Å². The summed E-state index contributed by atoms with van der Waals surface area (Å²) in [6.45, 7) is 13.2. The van der Waals surface area contributed by atoms with Crippen LogP contribution in [0, 0.1) is 5.92 Å². The second-order valence-electron chi connectivity index (χ2n) is 5.85. The molecule has 0 radical (unpaired) electrons. The zero-order valence-electron chi connectivity index (χ0n) is 12.0. The molecule has 0 aliphatic rings. The Labute approximate surface area is 110 Å². The van der Waals surface area contributed by atoms with E-state index in [2.05, 4.69) is 41.5 Å². The van der Waals surface area contributed by atoms with Crippen LogP contribution in [0.25, 0.3) is 0 Å². The highest BCUT2D eigenvalue weighted by molar-refractivity contribution is 7.12. The van der Waals surface area contributed by atoms with Gasteiger partial charge in [0, 0.05) is 4.88 Å². The van der Waals surface area contributed by atoms with Crippen molar-refractivity contribution in [1.82, 2.24) is 4.98 Å². The van der Waals surface area contributed by atoms with Crippen molar-refractivity contribution in [3.63, 3.8) is 0 Å². The molecular weight excluding hydrogens is 228 g/mol. The van der Waals surface area contributed by atoms with Gasteiger partial charge in [-0.1, -0.05) is 34.6 Å². The van der Waals surface area contributed by atoms with Crippen LogP contribution in [0.1, 0.15) is 69.5 Å². The first-order valence-corrected chi connectivity index (χ1v) is 7.38. The minimum absolute atomic E-state index is 0.274. The third-order valence-corrected chi connectivity index (χ3v) is 4.75. The minimum Gasteiger partial charge on any atom is -0.320 e. The summed E-state index contributed by atoms with van der Waals surface area (Å²) in [6, 6.07) is 0. The second kappa shape index (κ2) is 5.49. The molecule has 0 spiro atoms. The molecule has 1 rings (SSSR count). The third kappa shape index (κ3) is 3.52. The van der Waals surface area contributed by atoms with E-state index in [0.717, 1.165) is 17.8 Å². The maximum Gasteiger partial charge on any atom is 0.113 e. The molecule has 0 saturated heterocycles. The number of thiazole rings is 1. The van der Waals surface area contributed by atoms with Crippen molar-refractivity contribution < 1.29 is 0 Å². The normalized spacial score (nSPS) is 15.6. The Morgan fingerprint density at radius 3 is 2.29 bits per heavy atom. The van der Waals surface area contributed by atoms with Gasteiger partial charge in [-0.2, -0.15) is 0 Å². The van der Waals surface area contributed by atoms with Crippen LogP contribution in [-0.2, 0) is 12.0 Å². The number of hydrogen-bond acceptors (Lipinski definition) is 3. The molecule has 0 aliphatic carbocycles. The maximum atomic E-state index is 6.30. The summed E-state index contributed by atoms with van der Waals surface area (Å²) < 4.78 is 0. The average molecular weight is 254 g/mol. The summed E-state index contributed by atoms with van der Waals surface area (Å²) in [6.07, 6.45) is 1.99. The SMILES string of the molecule is CCC(C)(N)c1nc(CC(C)C)c(C(C)C)s1. The van der Waals surface area contributed by atoms with E-state index >= 15 is 0 Å². The number of nitrogens with two attached hydrogens (primary N) is 1. The molecule has 0 aliphatic heterocycles. The molecule has 0 fully saturated rings. The van der Waals surface area contributed by atoms with Crippen molar-refractivity contribution >= 4 is 11.3 Å². The standard InChI is InChI=1S/C14H26N2S/c1-7-14(6,15)13-16-11(8-9(2)3)12(17-13)10(4)5/h9-10H,7-8,15H2,1-6H3. The van der Waals surface area contributed by atoms with Crippen LogP contribution in [0.2, 0.25) is 0 Å². The van der Waals surface area contributed by atoms with Gasteiger partial charge < -0.3 is 5.73 Å². The number of rotatable bonds is 5. The Morgan fingerprint density at radius 1 is 1.29 bits per heavy atom. The van der Waals surface area contributed by atoms with E-state index in [1.165, 1.54) is 10.6 Å². The van der Waals surface area contributed by atoms with Crippen molar-refractivity contribution in [3.8, 4) is 0 Å². The Hall–Kier alpha value is -0.410. The zero-order valence-corrected chi connectivity index (χ0v) is 12.8. The van der Waals surface area contributed by atoms with E-state index in [1.807, 2.05) is 0 Å². The van der Waals surface area contributed by atoms with E-state index in [9.17, 15) is 0 Å². The molecule has 2 N–H and O–H groups in total. The Morgan fingerprint density at radius 2 is 1.88 bits per heavy atom. The highest BCUT2D eigenvalue weighted by Crippen LogP contribution is 2.33. The first-order chi connectivity index (χ1) is 7.77. The van der Waals surface area contributed by atoms with Crippen LogP contribution in [0.15, 0.2) is 0 Å². The smallest absolute Gasteiger partial charge is 0.113 e. The van der Waals surface area contributed by atoms with E-state index in [0.29, 0.717) is 11.8 Å². The van der Waals surface area contributed by atoms with Crippen LogP contribution >= 0.6 is 11.3 Å². The van der Waals surface area contributed by atoms with E-state index in [-0.39, 0.29) is 5.54 Å². The van der Waals surface area contributed by atoms with Gasteiger partial charge in [0.2, 0.25) is 0 Å². The van der Waals surface area contributed by atoms with Gasteiger partial charge >= 0.3 is 0 Å². The average Bonchev–Trinajstić information content (AvgIpc) is 2.61. The molecule has 98 valence electrons. The van der Waals surface area contributed by atoms with Gasteiger partial charge in [0.1, 0.15) is 5.01 Å². The highest BCUT2D eigenvalue weighted by atomic mass is 32.1. The van der Waals surface area contributed by atoms with Crippen molar-refractivity contribution in [2.45, 2.75) is 65.8 Å². The molecule has 0 amide bonds. The van der Waals surface area contributed by atoms with Gasteiger partial charge in [-0.05, 0) is 31.6 Å². The van der Waals surface area contributed by atoms with Gasteiger partial charge in [-0.3, -0.25) is 0 Å². The summed E-state index contributed by atoms with van der Waals surface area (Å²) >= 11 is 1.80. The van der Waals surface area contributed by atoms with Crippen LogP contribution in [0.4, 0.5) is 0 Å². The Balaban J connectivity index is 3.12. The fourth-order valence-corrected chi connectivity index (χ4v) is 2.97. The van der Waals surface area contributed by atoms with Gasteiger partial charge in [0.25, 0.3) is 0 Å². The molecular formula is C14H26N2S. The summed E-state index contributed by atoms with van der Waals surface area (Å²) in [5, 5.41) is 1.10. The maximum absolute atomic E-state index is 6.30. The number of nitrogens with zero attached hydrogens (tertiary/aromatic N) is 1. The van der Waals surface area contributed by atoms with Crippen LogP contribution in [0.3, 0.4) is 0 Å². The zero-order chi connectivity index (χ0) is 13.2. The molecule has 1 aromatic heterocycles. The van der Waals surface area contributed by atoms with E-state index in [1.54, 1.807) is 11.3 Å². The molecule has 0 saturated carbocycles. The first-order valence-electron chi connectivity index (χ1n) is 6.56. The largest absolute Gasteiger partial charge is 0.320 e. The van der Waals surface area contributed by atoms with Crippen LogP contribution < -0.4 is 5.73 Å². The van der Waals surface area contributed by atoms with Gasteiger partial charge in [-0.25, -0.2) is 4.98 Å². The number of aromatic nitrogens is 1. The summed E-state index contributed by atoms with van der Waals surface area (Å²) in [7, 11) is 0. The molecule has 17 heavy (non-hydrogen) atoms. The predicted octanol–water partition coefficient (Wildman–Crippen LogP) is 4.05. The first kappa shape index (κ1) is 14.7. The Kier molecular flexibility index (Phi) is 4.73. The topological polar surface area (TPSA) is 38.9 Å².